The van der Waals surface area contributed by atoms with Crippen LogP contribution in [0.1, 0.15) is 16.8 Å². The van der Waals surface area contributed by atoms with Crippen LogP contribution in [0.5, 0.6) is 0 Å². The maximum Gasteiger partial charge on any atom is 0.225 e. The highest BCUT2D eigenvalue weighted by Crippen LogP contribution is 2.21. The summed E-state index contributed by atoms with van der Waals surface area (Å²) < 4.78 is 0. The van der Waals surface area contributed by atoms with Crippen LogP contribution in [-0.4, -0.2) is 59.1 Å². The van der Waals surface area contributed by atoms with E-state index in [0.29, 0.717) is 0 Å². The van der Waals surface area contributed by atoms with Gasteiger partial charge in [-0.15, -0.1) is 0 Å². The summed E-state index contributed by atoms with van der Waals surface area (Å²) in [5.41, 5.74) is 3.91. The fourth-order valence-corrected chi connectivity index (χ4v) is 4.32. The van der Waals surface area contributed by atoms with Gasteiger partial charge in [-0.05, 0) is 24.1 Å². The fraction of sp³-hybridized carbons (Fsp3) is 0.375. The van der Waals surface area contributed by atoms with Gasteiger partial charge in [0.05, 0.1) is 5.69 Å². The number of hydrogen-bond acceptors (Lipinski definition) is 6. The molecule has 5 rings (SSSR count). The van der Waals surface area contributed by atoms with Crippen LogP contribution in [0, 0.1) is 0 Å². The van der Waals surface area contributed by atoms with E-state index in [1.54, 1.807) is 0 Å². The smallest absolute Gasteiger partial charge is 0.225 e. The summed E-state index contributed by atoms with van der Waals surface area (Å²) in [6, 6.07) is 16.8. The largest absolute Gasteiger partial charge is 0.353 e. The molecule has 6 nitrogen and oxygen atoms in total. The number of aromatic nitrogens is 3. The van der Waals surface area contributed by atoms with Crippen molar-refractivity contribution in [3.8, 4) is 0 Å². The van der Waals surface area contributed by atoms with Crippen molar-refractivity contribution in [2.75, 3.05) is 49.1 Å². The molecule has 0 atom stereocenters. The van der Waals surface area contributed by atoms with Crippen molar-refractivity contribution in [2.45, 2.75) is 19.4 Å². The SMILES string of the molecule is c1ccc(CCN2CCc3nc(N4CCN(c5ccccn5)CC4)ncc3C2)cc1. The van der Waals surface area contributed by atoms with E-state index >= 15 is 0 Å². The van der Waals surface area contributed by atoms with Crippen molar-refractivity contribution in [3.05, 3.63) is 77.7 Å². The van der Waals surface area contributed by atoms with Crippen molar-refractivity contribution in [2.24, 2.45) is 0 Å². The lowest BCUT2D eigenvalue weighted by molar-refractivity contribution is 0.254. The highest BCUT2D eigenvalue weighted by atomic mass is 15.3. The Kier molecular flexibility index (Phi) is 5.57. The highest BCUT2D eigenvalue weighted by molar-refractivity contribution is 5.42. The fourth-order valence-electron chi connectivity index (χ4n) is 4.32. The molecule has 4 heterocycles. The summed E-state index contributed by atoms with van der Waals surface area (Å²) in [5, 5.41) is 0. The van der Waals surface area contributed by atoms with E-state index in [2.05, 4.69) is 62.3 Å². The van der Waals surface area contributed by atoms with Crippen LogP contribution in [0.3, 0.4) is 0 Å². The number of rotatable bonds is 5. The molecule has 0 bridgehead atoms. The molecular formula is C24H28N6. The van der Waals surface area contributed by atoms with Gasteiger partial charge in [-0.2, -0.15) is 0 Å². The Balaban J connectivity index is 1.18. The Morgan fingerprint density at radius 3 is 2.40 bits per heavy atom. The summed E-state index contributed by atoms with van der Waals surface area (Å²) in [7, 11) is 0. The average Bonchev–Trinajstić information content (AvgIpc) is 2.84. The molecule has 3 aromatic rings. The first-order valence-corrected chi connectivity index (χ1v) is 10.9. The topological polar surface area (TPSA) is 48.4 Å². The molecule has 0 amide bonds. The molecule has 0 radical (unpaired) electrons. The summed E-state index contributed by atoms with van der Waals surface area (Å²) in [5.74, 6) is 1.94. The second-order valence-electron chi connectivity index (χ2n) is 8.07. The average molecular weight is 401 g/mol. The third kappa shape index (κ3) is 4.28. The van der Waals surface area contributed by atoms with Gasteiger partial charge in [0.1, 0.15) is 5.82 Å². The molecule has 2 aliphatic heterocycles. The van der Waals surface area contributed by atoms with E-state index < -0.39 is 0 Å². The van der Waals surface area contributed by atoms with Crippen LogP contribution in [0.2, 0.25) is 0 Å². The molecule has 0 unspecified atom stereocenters. The quantitative estimate of drug-likeness (QED) is 0.656. The van der Waals surface area contributed by atoms with Gasteiger partial charge in [0.15, 0.2) is 0 Å². The lowest BCUT2D eigenvalue weighted by Gasteiger charge is -2.36. The molecule has 1 fully saturated rings. The predicted molar refractivity (Wildman–Crippen MR) is 120 cm³/mol. The van der Waals surface area contributed by atoms with Gasteiger partial charge < -0.3 is 9.80 Å². The standard InChI is InChI=1S/C24H28N6/c1-2-6-20(7-3-1)9-12-28-13-10-22-21(19-28)18-26-24(27-22)30-16-14-29(15-17-30)23-8-4-5-11-25-23/h1-8,11,18H,9-10,12-17,19H2. The first-order valence-electron chi connectivity index (χ1n) is 10.9. The predicted octanol–water partition coefficient (Wildman–Crippen LogP) is 2.80. The van der Waals surface area contributed by atoms with Crippen molar-refractivity contribution in [3.63, 3.8) is 0 Å². The summed E-state index contributed by atoms with van der Waals surface area (Å²) >= 11 is 0. The molecule has 30 heavy (non-hydrogen) atoms. The van der Waals surface area contributed by atoms with Crippen molar-refractivity contribution < 1.29 is 0 Å². The molecular weight excluding hydrogens is 372 g/mol. The number of benzene rings is 1. The number of piperazine rings is 1. The molecule has 154 valence electrons. The third-order valence-electron chi connectivity index (χ3n) is 6.10. The second-order valence-corrected chi connectivity index (χ2v) is 8.07. The molecule has 2 aromatic heterocycles. The van der Waals surface area contributed by atoms with E-state index in [1.807, 2.05) is 18.3 Å². The maximum absolute atomic E-state index is 4.94. The van der Waals surface area contributed by atoms with E-state index in [-0.39, 0.29) is 0 Å². The summed E-state index contributed by atoms with van der Waals surface area (Å²) in [6.07, 6.45) is 6.01. The Bertz CT molecular complexity index is 954. The van der Waals surface area contributed by atoms with Gasteiger partial charge in [0.2, 0.25) is 5.95 Å². The number of hydrogen-bond donors (Lipinski definition) is 0. The molecule has 0 aliphatic carbocycles. The number of anilines is 2. The number of nitrogens with zero attached hydrogens (tertiary/aromatic N) is 6. The summed E-state index contributed by atoms with van der Waals surface area (Å²) in [6.45, 7) is 6.87. The molecule has 0 N–H and O–H groups in total. The third-order valence-corrected chi connectivity index (χ3v) is 6.10. The van der Waals surface area contributed by atoms with Crippen molar-refractivity contribution in [1.29, 1.82) is 0 Å². The van der Waals surface area contributed by atoms with E-state index in [1.165, 1.54) is 16.8 Å². The minimum absolute atomic E-state index is 0.882. The Morgan fingerprint density at radius 1 is 0.800 bits per heavy atom. The molecule has 6 heteroatoms. The van der Waals surface area contributed by atoms with Gasteiger partial charge in [0.25, 0.3) is 0 Å². The molecule has 1 saturated heterocycles. The minimum Gasteiger partial charge on any atom is -0.353 e. The first kappa shape index (κ1) is 19.0. The lowest BCUT2D eigenvalue weighted by Crippen LogP contribution is -2.47. The van der Waals surface area contributed by atoms with E-state index in [0.717, 1.165) is 70.4 Å². The monoisotopic (exact) mass is 400 g/mol. The van der Waals surface area contributed by atoms with Crippen LogP contribution in [-0.2, 0) is 19.4 Å². The Labute approximate surface area is 178 Å². The van der Waals surface area contributed by atoms with Crippen LogP contribution in [0.4, 0.5) is 11.8 Å². The van der Waals surface area contributed by atoms with Gasteiger partial charge in [-0.25, -0.2) is 15.0 Å². The zero-order chi connectivity index (χ0) is 20.2. The molecule has 2 aliphatic rings. The zero-order valence-corrected chi connectivity index (χ0v) is 17.3. The van der Waals surface area contributed by atoms with Gasteiger partial charge in [-0.1, -0.05) is 36.4 Å². The number of fused-ring (bicyclic) bond motifs is 1. The number of pyridine rings is 1. The highest BCUT2D eigenvalue weighted by Gasteiger charge is 2.23. The Hall–Kier alpha value is -2.99. The molecule has 0 saturated carbocycles. The second kappa shape index (κ2) is 8.79. The van der Waals surface area contributed by atoms with Crippen LogP contribution < -0.4 is 9.80 Å². The van der Waals surface area contributed by atoms with Gasteiger partial charge in [0, 0.05) is 70.2 Å². The Morgan fingerprint density at radius 2 is 1.60 bits per heavy atom. The lowest BCUT2D eigenvalue weighted by atomic mass is 10.1. The maximum atomic E-state index is 4.94. The van der Waals surface area contributed by atoms with Gasteiger partial charge >= 0.3 is 0 Å². The normalized spacial score (nSPS) is 17.1. The van der Waals surface area contributed by atoms with E-state index in [9.17, 15) is 0 Å². The molecule has 0 spiro atoms. The zero-order valence-electron chi connectivity index (χ0n) is 17.3. The molecule has 1 aromatic carbocycles. The van der Waals surface area contributed by atoms with E-state index in [4.69, 9.17) is 9.97 Å². The van der Waals surface area contributed by atoms with Crippen molar-refractivity contribution in [1.82, 2.24) is 19.9 Å². The van der Waals surface area contributed by atoms with Crippen LogP contribution in [0.15, 0.2) is 60.9 Å². The first-order chi connectivity index (χ1) is 14.8. The summed E-state index contributed by atoms with van der Waals surface area (Å²) in [4.78, 5) is 21.3. The minimum atomic E-state index is 0.882. The van der Waals surface area contributed by atoms with Crippen LogP contribution in [0.25, 0.3) is 0 Å². The van der Waals surface area contributed by atoms with Gasteiger partial charge in [-0.3, -0.25) is 4.90 Å². The van der Waals surface area contributed by atoms with Crippen LogP contribution >= 0.6 is 0 Å². The van der Waals surface area contributed by atoms with Crippen molar-refractivity contribution >= 4 is 11.8 Å².